The molecule has 2 aromatic heterocycles. The largest absolute Gasteiger partial charge is 0.489 e. The van der Waals surface area contributed by atoms with Gasteiger partial charge in [0.2, 0.25) is 0 Å². The molecular weight excluding hydrogens is 422 g/mol. The van der Waals surface area contributed by atoms with Crippen LogP contribution in [0.2, 0.25) is 5.15 Å². The average molecular weight is 438 g/mol. The molecule has 2 heterocycles. The maximum atomic E-state index is 12.4. The van der Waals surface area contributed by atoms with Gasteiger partial charge >= 0.3 is 0 Å². The number of furan rings is 1. The molecule has 4 rings (SSSR count). The highest BCUT2D eigenvalue weighted by molar-refractivity contribution is 7.80. The third-order valence-electron chi connectivity index (χ3n) is 4.18. The molecule has 4 aromatic rings. The van der Waals surface area contributed by atoms with Crippen molar-refractivity contribution in [2.24, 2.45) is 0 Å². The predicted octanol–water partition coefficient (Wildman–Crippen LogP) is 5.19. The molecule has 150 valence electrons. The van der Waals surface area contributed by atoms with Gasteiger partial charge in [-0.05, 0) is 42.0 Å². The van der Waals surface area contributed by atoms with Crippen LogP contribution in [0.5, 0.6) is 5.75 Å². The maximum absolute atomic E-state index is 12.4. The molecule has 0 bridgehead atoms. The second kappa shape index (κ2) is 8.94. The van der Waals surface area contributed by atoms with Crippen molar-refractivity contribution in [2.75, 3.05) is 5.32 Å². The van der Waals surface area contributed by atoms with E-state index < -0.39 is 5.91 Å². The monoisotopic (exact) mass is 437 g/mol. The number of benzene rings is 2. The number of amides is 1. The number of aromatic nitrogens is 1. The van der Waals surface area contributed by atoms with Crippen LogP contribution in [0.25, 0.3) is 11.0 Å². The number of halogens is 1. The van der Waals surface area contributed by atoms with Gasteiger partial charge in [0, 0.05) is 23.3 Å². The molecule has 2 N–H and O–H groups in total. The number of carbonyl (C=O) groups is 1. The fourth-order valence-corrected chi connectivity index (χ4v) is 3.19. The summed E-state index contributed by atoms with van der Waals surface area (Å²) in [6.07, 6.45) is 1.54. The number of nitrogens with one attached hydrogen (secondary N) is 2. The summed E-state index contributed by atoms with van der Waals surface area (Å²) in [5.74, 6) is 0.276. The molecule has 6 nitrogen and oxygen atoms in total. The van der Waals surface area contributed by atoms with Crippen LogP contribution in [0.4, 0.5) is 5.69 Å². The highest BCUT2D eigenvalue weighted by Crippen LogP contribution is 2.24. The summed E-state index contributed by atoms with van der Waals surface area (Å²) in [6, 6.07) is 20.5. The Bertz CT molecular complexity index is 1210. The zero-order valence-corrected chi connectivity index (χ0v) is 17.2. The number of rotatable bonds is 5. The Balaban J connectivity index is 1.37. The van der Waals surface area contributed by atoms with Crippen molar-refractivity contribution < 1.29 is 13.9 Å². The minimum Gasteiger partial charge on any atom is -0.489 e. The Morgan fingerprint density at radius 3 is 2.73 bits per heavy atom. The first kappa shape index (κ1) is 19.9. The second-order valence-corrected chi connectivity index (χ2v) is 7.11. The second-order valence-electron chi connectivity index (χ2n) is 6.34. The van der Waals surface area contributed by atoms with Crippen LogP contribution < -0.4 is 15.4 Å². The smallest absolute Gasteiger partial charge is 0.293 e. The molecule has 0 unspecified atom stereocenters. The molecule has 30 heavy (non-hydrogen) atoms. The summed E-state index contributed by atoms with van der Waals surface area (Å²) >= 11 is 11.2. The van der Waals surface area contributed by atoms with Gasteiger partial charge in [0.1, 0.15) is 12.4 Å². The van der Waals surface area contributed by atoms with E-state index in [-0.39, 0.29) is 16.0 Å². The van der Waals surface area contributed by atoms with Crippen molar-refractivity contribution in [3.63, 3.8) is 0 Å². The number of nitrogens with zero attached hydrogens (tertiary/aromatic N) is 1. The molecule has 0 aliphatic carbocycles. The minimum absolute atomic E-state index is 0.0870. The van der Waals surface area contributed by atoms with E-state index in [0.29, 0.717) is 29.0 Å². The lowest BCUT2D eigenvalue weighted by atomic mass is 10.2. The van der Waals surface area contributed by atoms with Crippen molar-refractivity contribution >= 4 is 51.5 Å². The summed E-state index contributed by atoms with van der Waals surface area (Å²) in [5, 5.41) is 6.56. The fourth-order valence-electron chi connectivity index (χ4n) is 2.78. The van der Waals surface area contributed by atoms with Gasteiger partial charge in [0.15, 0.2) is 21.6 Å². The van der Waals surface area contributed by atoms with E-state index in [9.17, 15) is 4.79 Å². The van der Waals surface area contributed by atoms with Gasteiger partial charge in [-0.1, -0.05) is 48.0 Å². The van der Waals surface area contributed by atoms with E-state index in [1.54, 1.807) is 24.4 Å². The maximum Gasteiger partial charge on any atom is 0.293 e. The number of fused-ring (bicyclic) bond motifs is 1. The number of carbonyl (C=O) groups excluding carboxylic acids is 1. The standard InChI is InChI=1S/C22H16ClN3O3S/c23-20-19-15(9-10-24-20)11-18(29-19)21(27)26-22(30)25-16-7-4-8-17(12-16)28-13-14-5-2-1-3-6-14/h1-12H,13H2,(H2,25,26,27,30). The van der Waals surface area contributed by atoms with Crippen LogP contribution in [0.1, 0.15) is 16.1 Å². The molecule has 8 heteroatoms. The Morgan fingerprint density at radius 1 is 1.10 bits per heavy atom. The molecule has 0 aliphatic heterocycles. The van der Waals surface area contributed by atoms with E-state index in [2.05, 4.69) is 15.6 Å². The molecule has 0 radical (unpaired) electrons. The Kier molecular flexibility index (Phi) is 5.92. The molecule has 0 saturated heterocycles. The van der Waals surface area contributed by atoms with Gasteiger partial charge in [-0.15, -0.1) is 0 Å². The van der Waals surface area contributed by atoms with Gasteiger partial charge in [0.25, 0.3) is 5.91 Å². The number of pyridine rings is 1. The quantitative estimate of drug-likeness (QED) is 0.330. The zero-order chi connectivity index (χ0) is 20.9. The molecule has 2 aromatic carbocycles. The van der Waals surface area contributed by atoms with E-state index >= 15 is 0 Å². The van der Waals surface area contributed by atoms with Crippen LogP contribution in [0, 0.1) is 0 Å². The third-order valence-corrected chi connectivity index (χ3v) is 4.65. The van der Waals surface area contributed by atoms with Crippen molar-refractivity contribution in [3.8, 4) is 5.75 Å². The highest BCUT2D eigenvalue weighted by atomic mass is 35.5. The first-order valence-electron chi connectivity index (χ1n) is 9.02. The number of thiocarbonyl (C=S) groups is 1. The molecule has 0 spiro atoms. The normalized spacial score (nSPS) is 10.6. The Morgan fingerprint density at radius 2 is 1.93 bits per heavy atom. The predicted molar refractivity (Wildman–Crippen MR) is 120 cm³/mol. The van der Waals surface area contributed by atoms with Crippen molar-refractivity contribution in [3.05, 3.63) is 89.4 Å². The molecular formula is C22H16ClN3O3S. The lowest BCUT2D eigenvalue weighted by molar-refractivity contribution is 0.0953. The van der Waals surface area contributed by atoms with Gasteiger partial charge < -0.3 is 14.5 Å². The Labute approximate surface area is 182 Å². The van der Waals surface area contributed by atoms with Gasteiger partial charge in [0.05, 0.1) is 0 Å². The SMILES string of the molecule is O=C(NC(=S)Nc1cccc(OCc2ccccc2)c1)c1cc2ccnc(Cl)c2o1. The fraction of sp³-hybridized carbons (Fsp3) is 0.0455. The summed E-state index contributed by atoms with van der Waals surface area (Å²) in [6.45, 7) is 0.453. The molecule has 0 fully saturated rings. The number of ether oxygens (including phenoxy) is 1. The van der Waals surface area contributed by atoms with Crippen LogP contribution in [-0.4, -0.2) is 16.0 Å². The number of hydrogen-bond acceptors (Lipinski definition) is 5. The van der Waals surface area contributed by atoms with E-state index in [4.69, 9.17) is 33.0 Å². The number of hydrogen-bond donors (Lipinski definition) is 2. The first-order chi connectivity index (χ1) is 14.6. The molecule has 1 amide bonds. The first-order valence-corrected chi connectivity index (χ1v) is 9.80. The average Bonchev–Trinajstić information content (AvgIpc) is 3.19. The van der Waals surface area contributed by atoms with Crippen LogP contribution in [-0.2, 0) is 6.61 Å². The zero-order valence-electron chi connectivity index (χ0n) is 15.6. The van der Waals surface area contributed by atoms with Crippen molar-refractivity contribution in [1.82, 2.24) is 10.3 Å². The van der Waals surface area contributed by atoms with Gasteiger partial charge in [-0.25, -0.2) is 4.98 Å². The minimum atomic E-state index is -0.490. The van der Waals surface area contributed by atoms with Crippen LogP contribution in [0.15, 0.2) is 77.3 Å². The van der Waals surface area contributed by atoms with E-state index in [1.165, 1.54) is 0 Å². The van der Waals surface area contributed by atoms with Gasteiger partial charge in [-0.2, -0.15) is 0 Å². The van der Waals surface area contributed by atoms with Gasteiger partial charge in [-0.3, -0.25) is 10.1 Å². The van der Waals surface area contributed by atoms with Crippen molar-refractivity contribution in [1.29, 1.82) is 0 Å². The lowest BCUT2D eigenvalue weighted by Gasteiger charge is -2.11. The molecule has 0 saturated carbocycles. The number of anilines is 1. The third kappa shape index (κ3) is 4.76. The highest BCUT2D eigenvalue weighted by Gasteiger charge is 2.15. The van der Waals surface area contributed by atoms with Crippen LogP contribution >= 0.6 is 23.8 Å². The van der Waals surface area contributed by atoms with Crippen LogP contribution in [0.3, 0.4) is 0 Å². The topological polar surface area (TPSA) is 76.4 Å². The summed E-state index contributed by atoms with van der Waals surface area (Å²) in [7, 11) is 0. The summed E-state index contributed by atoms with van der Waals surface area (Å²) in [4.78, 5) is 16.4. The Hall–Kier alpha value is -3.42. The van der Waals surface area contributed by atoms with E-state index in [0.717, 1.165) is 5.56 Å². The van der Waals surface area contributed by atoms with E-state index in [1.807, 2.05) is 48.5 Å². The summed E-state index contributed by atoms with van der Waals surface area (Å²) < 4.78 is 11.3. The molecule has 0 atom stereocenters. The summed E-state index contributed by atoms with van der Waals surface area (Å²) in [5.41, 5.74) is 2.11. The lowest BCUT2D eigenvalue weighted by Crippen LogP contribution is -2.33. The van der Waals surface area contributed by atoms with Crippen molar-refractivity contribution in [2.45, 2.75) is 6.61 Å². The molecule has 0 aliphatic rings.